The standard InChI is InChI=1S/C16H26N2O/c1-18(16-8-3-2-4-9-16)11-6-10-17-13-15-7-5-12-19-14-15/h2-4,8-9,15,17H,5-7,10-14H2,1H3. The summed E-state index contributed by atoms with van der Waals surface area (Å²) in [7, 11) is 2.16. The molecule has 2 rings (SSSR count). The van der Waals surface area contributed by atoms with Crippen molar-refractivity contribution in [3.63, 3.8) is 0 Å². The van der Waals surface area contributed by atoms with E-state index in [-0.39, 0.29) is 0 Å². The predicted octanol–water partition coefficient (Wildman–Crippen LogP) is 2.53. The average molecular weight is 262 g/mol. The van der Waals surface area contributed by atoms with Gasteiger partial charge in [-0.05, 0) is 43.9 Å². The Kier molecular flexibility index (Phi) is 6.18. The number of ether oxygens (including phenoxy) is 1. The van der Waals surface area contributed by atoms with Crippen molar-refractivity contribution in [3.05, 3.63) is 30.3 Å². The van der Waals surface area contributed by atoms with Crippen LogP contribution in [0.2, 0.25) is 0 Å². The molecule has 1 aliphatic heterocycles. The van der Waals surface area contributed by atoms with Gasteiger partial charge in [0.25, 0.3) is 0 Å². The summed E-state index contributed by atoms with van der Waals surface area (Å²) in [6.45, 7) is 5.19. The van der Waals surface area contributed by atoms with Crippen molar-refractivity contribution in [2.45, 2.75) is 19.3 Å². The molecule has 19 heavy (non-hydrogen) atoms. The molecule has 1 atom stereocenters. The van der Waals surface area contributed by atoms with E-state index in [1.165, 1.54) is 24.9 Å². The Labute approximate surface area is 116 Å². The van der Waals surface area contributed by atoms with Crippen molar-refractivity contribution in [1.29, 1.82) is 0 Å². The van der Waals surface area contributed by atoms with Gasteiger partial charge in [0.05, 0.1) is 6.61 Å². The van der Waals surface area contributed by atoms with E-state index in [0.717, 1.165) is 38.8 Å². The number of hydrogen-bond donors (Lipinski definition) is 1. The van der Waals surface area contributed by atoms with Crippen LogP contribution >= 0.6 is 0 Å². The normalized spacial score (nSPS) is 19.3. The van der Waals surface area contributed by atoms with E-state index in [1.807, 2.05) is 0 Å². The van der Waals surface area contributed by atoms with Crippen LogP contribution in [0.15, 0.2) is 30.3 Å². The summed E-state index contributed by atoms with van der Waals surface area (Å²) in [5, 5.41) is 3.56. The van der Waals surface area contributed by atoms with Crippen LogP contribution in [0.5, 0.6) is 0 Å². The molecule has 1 aliphatic rings. The molecule has 1 aromatic rings. The van der Waals surface area contributed by atoms with Crippen LogP contribution in [0, 0.1) is 5.92 Å². The van der Waals surface area contributed by atoms with E-state index in [2.05, 4.69) is 47.6 Å². The van der Waals surface area contributed by atoms with Crippen molar-refractivity contribution in [3.8, 4) is 0 Å². The van der Waals surface area contributed by atoms with E-state index < -0.39 is 0 Å². The van der Waals surface area contributed by atoms with Gasteiger partial charge in [-0.25, -0.2) is 0 Å². The van der Waals surface area contributed by atoms with Gasteiger partial charge < -0.3 is 15.0 Å². The van der Waals surface area contributed by atoms with E-state index in [9.17, 15) is 0 Å². The Hall–Kier alpha value is -1.06. The maximum atomic E-state index is 5.49. The van der Waals surface area contributed by atoms with Crippen molar-refractivity contribution in [1.82, 2.24) is 5.32 Å². The average Bonchev–Trinajstić information content (AvgIpc) is 2.49. The Bertz CT molecular complexity index is 336. The maximum Gasteiger partial charge on any atom is 0.0506 e. The minimum atomic E-state index is 0.723. The summed E-state index contributed by atoms with van der Waals surface area (Å²) >= 11 is 0. The summed E-state index contributed by atoms with van der Waals surface area (Å²) in [6, 6.07) is 10.6. The van der Waals surface area contributed by atoms with Gasteiger partial charge in [0.1, 0.15) is 0 Å². The second-order valence-electron chi connectivity index (χ2n) is 5.40. The molecule has 0 saturated carbocycles. The second kappa shape index (κ2) is 8.18. The van der Waals surface area contributed by atoms with Gasteiger partial charge in [0.15, 0.2) is 0 Å². The van der Waals surface area contributed by atoms with Gasteiger partial charge in [0, 0.05) is 32.4 Å². The van der Waals surface area contributed by atoms with Crippen LogP contribution in [-0.2, 0) is 4.74 Å². The summed E-state index contributed by atoms with van der Waals surface area (Å²) in [5.74, 6) is 0.723. The maximum absolute atomic E-state index is 5.49. The smallest absolute Gasteiger partial charge is 0.0506 e. The Balaban J connectivity index is 1.54. The zero-order chi connectivity index (χ0) is 13.3. The Morgan fingerprint density at radius 3 is 2.89 bits per heavy atom. The molecule has 0 bridgehead atoms. The lowest BCUT2D eigenvalue weighted by molar-refractivity contribution is 0.0549. The number of nitrogens with one attached hydrogen (secondary N) is 1. The minimum Gasteiger partial charge on any atom is -0.381 e. The van der Waals surface area contributed by atoms with Gasteiger partial charge in [-0.15, -0.1) is 0 Å². The van der Waals surface area contributed by atoms with E-state index >= 15 is 0 Å². The fourth-order valence-corrected chi connectivity index (χ4v) is 2.53. The zero-order valence-electron chi connectivity index (χ0n) is 12.0. The van der Waals surface area contributed by atoms with Crippen LogP contribution in [0.3, 0.4) is 0 Å². The van der Waals surface area contributed by atoms with Crippen molar-refractivity contribution < 1.29 is 4.74 Å². The topological polar surface area (TPSA) is 24.5 Å². The van der Waals surface area contributed by atoms with Crippen LogP contribution in [-0.4, -0.2) is 39.9 Å². The predicted molar refractivity (Wildman–Crippen MR) is 80.7 cm³/mol. The molecule has 0 amide bonds. The van der Waals surface area contributed by atoms with Crippen LogP contribution in [0.25, 0.3) is 0 Å². The van der Waals surface area contributed by atoms with Gasteiger partial charge in [0.2, 0.25) is 0 Å². The van der Waals surface area contributed by atoms with Crippen LogP contribution < -0.4 is 10.2 Å². The first-order chi connectivity index (χ1) is 9.36. The molecule has 1 fully saturated rings. The number of benzene rings is 1. The molecule has 0 radical (unpaired) electrons. The second-order valence-corrected chi connectivity index (χ2v) is 5.40. The van der Waals surface area contributed by atoms with Crippen LogP contribution in [0.1, 0.15) is 19.3 Å². The number of nitrogens with zero attached hydrogens (tertiary/aromatic N) is 1. The highest BCUT2D eigenvalue weighted by atomic mass is 16.5. The van der Waals surface area contributed by atoms with E-state index in [0.29, 0.717) is 0 Å². The van der Waals surface area contributed by atoms with E-state index in [1.54, 1.807) is 0 Å². The van der Waals surface area contributed by atoms with Gasteiger partial charge in [-0.1, -0.05) is 18.2 Å². The summed E-state index contributed by atoms with van der Waals surface area (Å²) in [4.78, 5) is 2.31. The molecule has 0 aliphatic carbocycles. The van der Waals surface area contributed by atoms with Crippen molar-refractivity contribution >= 4 is 5.69 Å². The quantitative estimate of drug-likeness (QED) is 0.764. The lowest BCUT2D eigenvalue weighted by atomic mass is 10.0. The number of rotatable bonds is 7. The summed E-state index contributed by atoms with van der Waals surface area (Å²) in [6.07, 6.45) is 3.72. The Morgan fingerprint density at radius 2 is 2.16 bits per heavy atom. The largest absolute Gasteiger partial charge is 0.381 e. The first-order valence-electron chi connectivity index (χ1n) is 7.41. The molecule has 3 heteroatoms. The monoisotopic (exact) mass is 262 g/mol. The molecule has 1 unspecified atom stereocenters. The lowest BCUT2D eigenvalue weighted by Gasteiger charge is -2.23. The zero-order valence-corrected chi connectivity index (χ0v) is 12.0. The number of hydrogen-bond acceptors (Lipinski definition) is 3. The molecule has 3 nitrogen and oxygen atoms in total. The molecule has 0 aromatic heterocycles. The number of anilines is 1. The summed E-state index contributed by atoms with van der Waals surface area (Å²) < 4.78 is 5.49. The van der Waals surface area contributed by atoms with Gasteiger partial charge in [-0.2, -0.15) is 0 Å². The van der Waals surface area contributed by atoms with Crippen molar-refractivity contribution in [2.24, 2.45) is 5.92 Å². The minimum absolute atomic E-state index is 0.723. The SMILES string of the molecule is CN(CCCNCC1CCCOC1)c1ccccc1. The van der Waals surface area contributed by atoms with E-state index in [4.69, 9.17) is 4.74 Å². The van der Waals surface area contributed by atoms with Gasteiger partial charge in [-0.3, -0.25) is 0 Å². The fraction of sp³-hybridized carbons (Fsp3) is 0.625. The molecule has 1 N–H and O–H groups in total. The molecular formula is C16H26N2O. The number of para-hydroxylation sites is 1. The van der Waals surface area contributed by atoms with Gasteiger partial charge >= 0.3 is 0 Å². The lowest BCUT2D eigenvalue weighted by Crippen LogP contribution is -2.31. The Morgan fingerprint density at radius 1 is 1.32 bits per heavy atom. The van der Waals surface area contributed by atoms with Crippen molar-refractivity contribution in [2.75, 3.05) is 44.8 Å². The first kappa shape index (κ1) is 14.4. The highest BCUT2D eigenvalue weighted by Gasteiger charge is 2.12. The third-order valence-corrected chi connectivity index (χ3v) is 3.73. The molecule has 1 aromatic carbocycles. The molecular weight excluding hydrogens is 236 g/mol. The molecule has 1 saturated heterocycles. The third-order valence-electron chi connectivity index (χ3n) is 3.73. The molecule has 1 heterocycles. The molecule has 106 valence electrons. The first-order valence-corrected chi connectivity index (χ1v) is 7.41. The molecule has 0 spiro atoms. The third kappa shape index (κ3) is 5.21. The summed E-state index contributed by atoms with van der Waals surface area (Å²) in [5.41, 5.74) is 1.29. The fourth-order valence-electron chi connectivity index (χ4n) is 2.53. The van der Waals surface area contributed by atoms with Crippen LogP contribution in [0.4, 0.5) is 5.69 Å². The highest BCUT2D eigenvalue weighted by Crippen LogP contribution is 2.12. The highest BCUT2D eigenvalue weighted by molar-refractivity contribution is 5.44.